The summed E-state index contributed by atoms with van der Waals surface area (Å²) in [6.45, 7) is 4.12. The Balaban J connectivity index is 1.81. The van der Waals surface area contributed by atoms with Gasteiger partial charge in [0.1, 0.15) is 5.82 Å². The minimum Gasteiger partial charge on any atom is -0.455 e. The van der Waals surface area contributed by atoms with Crippen molar-refractivity contribution in [3.05, 3.63) is 71.5 Å². The SMILES string of the molecule is CC[C@@H](C)[C@H](C(=O)OCC(=O)NCCc1ccc(F)cc1)c1ccccc1. The Hall–Kier alpha value is -2.69. The van der Waals surface area contributed by atoms with E-state index in [0.29, 0.717) is 13.0 Å². The number of rotatable bonds is 9. The molecule has 0 radical (unpaired) electrons. The predicted octanol–water partition coefficient (Wildman–Crippen LogP) is 3.86. The second-order valence-corrected chi connectivity index (χ2v) is 6.61. The second-order valence-electron chi connectivity index (χ2n) is 6.61. The van der Waals surface area contributed by atoms with Crippen LogP contribution < -0.4 is 5.32 Å². The second kappa shape index (κ2) is 10.5. The lowest BCUT2D eigenvalue weighted by atomic mass is 9.86. The molecule has 0 fully saturated rings. The van der Waals surface area contributed by atoms with Crippen molar-refractivity contribution in [3.8, 4) is 0 Å². The predicted molar refractivity (Wildman–Crippen MR) is 103 cm³/mol. The first-order valence-corrected chi connectivity index (χ1v) is 9.24. The van der Waals surface area contributed by atoms with Crippen LogP contribution in [0, 0.1) is 11.7 Å². The molecule has 5 heteroatoms. The molecule has 2 aromatic carbocycles. The molecule has 0 saturated carbocycles. The maximum Gasteiger partial charge on any atom is 0.314 e. The molecule has 144 valence electrons. The number of nitrogens with one attached hydrogen (secondary N) is 1. The van der Waals surface area contributed by atoms with Gasteiger partial charge in [0.15, 0.2) is 6.61 Å². The van der Waals surface area contributed by atoms with E-state index in [1.54, 1.807) is 12.1 Å². The maximum absolute atomic E-state index is 12.9. The highest BCUT2D eigenvalue weighted by Gasteiger charge is 2.27. The Morgan fingerprint density at radius 1 is 1.07 bits per heavy atom. The van der Waals surface area contributed by atoms with Crippen molar-refractivity contribution in [3.63, 3.8) is 0 Å². The normalized spacial score (nSPS) is 12.9. The zero-order chi connectivity index (χ0) is 19.6. The molecule has 0 aliphatic heterocycles. The van der Waals surface area contributed by atoms with Crippen molar-refractivity contribution in [1.29, 1.82) is 0 Å². The van der Waals surface area contributed by atoms with Gasteiger partial charge in [0, 0.05) is 6.54 Å². The van der Waals surface area contributed by atoms with E-state index in [4.69, 9.17) is 4.74 Å². The fourth-order valence-corrected chi connectivity index (χ4v) is 2.87. The highest BCUT2D eigenvalue weighted by Crippen LogP contribution is 2.28. The van der Waals surface area contributed by atoms with Crippen molar-refractivity contribution in [2.24, 2.45) is 5.92 Å². The van der Waals surface area contributed by atoms with Gasteiger partial charge in [-0.15, -0.1) is 0 Å². The van der Waals surface area contributed by atoms with Crippen molar-refractivity contribution < 1.29 is 18.7 Å². The minimum absolute atomic E-state index is 0.112. The van der Waals surface area contributed by atoms with E-state index >= 15 is 0 Å². The standard InChI is InChI=1S/C22H26FNO3/c1-3-16(2)21(18-7-5-4-6-8-18)22(26)27-15-20(25)24-14-13-17-9-11-19(23)12-10-17/h4-12,16,21H,3,13-15H2,1-2H3,(H,24,25)/t16-,21+/m1/s1. The van der Waals surface area contributed by atoms with Gasteiger partial charge < -0.3 is 10.1 Å². The Bertz CT molecular complexity index is 731. The van der Waals surface area contributed by atoms with E-state index in [0.717, 1.165) is 17.5 Å². The average Bonchev–Trinajstić information content (AvgIpc) is 2.68. The number of hydrogen-bond donors (Lipinski definition) is 1. The molecular formula is C22H26FNO3. The first-order chi connectivity index (χ1) is 13.0. The molecular weight excluding hydrogens is 345 g/mol. The first-order valence-electron chi connectivity index (χ1n) is 9.24. The molecule has 1 amide bonds. The molecule has 0 heterocycles. The minimum atomic E-state index is -0.386. The molecule has 0 unspecified atom stereocenters. The van der Waals surface area contributed by atoms with Crippen LogP contribution in [0.25, 0.3) is 0 Å². The number of esters is 1. The van der Waals surface area contributed by atoms with E-state index in [1.165, 1.54) is 12.1 Å². The van der Waals surface area contributed by atoms with Gasteiger partial charge in [-0.3, -0.25) is 9.59 Å². The third-order valence-corrected chi connectivity index (χ3v) is 4.62. The van der Waals surface area contributed by atoms with Crippen molar-refractivity contribution in [2.45, 2.75) is 32.6 Å². The summed E-state index contributed by atoms with van der Waals surface area (Å²) in [5, 5.41) is 2.71. The van der Waals surface area contributed by atoms with Crippen LogP contribution in [-0.4, -0.2) is 25.0 Å². The van der Waals surface area contributed by atoms with Gasteiger partial charge in [0.25, 0.3) is 5.91 Å². The molecule has 27 heavy (non-hydrogen) atoms. The Morgan fingerprint density at radius 2 is 1.74 bits per heavy atom. The molecule has 2 aromatic rings. The summed E-state index contributed by atoms with van der Waals surface area (Å²) >= 11 is 0. The van der Waals surface area contributed by atoms with Crippen LogP contribution >= 0.6 is 0 Å². The van der Waals surface area contributed by atoms with Crippen molar-refractivity contribution >= 4 is 11.9 Å². The summed E-state index contributed by atoms with van der Waals surface area (Å²) in [7, 11) is 0. The van der Waals surface area contributed by atoms with Gasteiger partial charge in [-0.2, -0.15) is 0 Å². The molecule has 1 N–H and O–H groups in total. The quantitative estimate of drug-likeness (QED) is 0.681. The lowest BCUT2D eigenvalue weighted by Crippen LogP contribution is -2.32. The van der Waals surface area contributed by atoms with Gasteiger partial charge >= 0.3 is 5.97 Å². The zero-order valence-corrected chi connectivity index (χ0v) is 15.8. The van der Waals surface area contributed by atoms with Crippen LogP contribution in [0.1, 0.15) is 37.3 Å². The van der Waals surface area contributed by atoms with Crippen LogP contribution in [0.15, 0.2) is 54.6 Å². The van der Waals surface area contributed by atoms with Crippen LogP contribution in [-0.2, 0) is 20.7 Å². The fraction of sp³-hybridized carbons (Fsp3) is 0.364. The fourth-order valence-electron chi connectivity index (χ4n) is 2.87. The maximum atomic E-state index is 12.9. The van der Waals surface area contributed by atoms with Gasteiger partial charge in [-0.05, 0) is 35.6 Å². The monoisotopic (exact) mass is 371 g/mol. The number of amides is 1. The van der Waals surface area contributed by atoms with Gasteiger partial charge in [0.05, 0.1) is 5.92 Å². The zero-order valence-electron chi connectivity index (χ0n) is 15.8. The number of carbonyl (C=O) groups excluding carboxylic acids is 2. The molecule has 0 saturated heterocycles. The van der Waals surface area contributed by atoms with Crippen LogP contribution in [0.2, 0.25) is 0 Å². The highest BCUT2D eigenvalue weighted by molar-refractivity contribution is 5.83. The summed E-state index contributed by atoms with van der Waals surface area (Å²) < 4.78 is 18.1. The van der Waals surface area contributed by atoms with Crippen LogP contribution in [0.3, 0.4) is 0 Å². The molecule has 0 spiro atoms. The largest absolute Gasteiger partial charge is 0.455 e. The lowest BCUT2D eigenvalue weighted by molar-refractivity contribution is -0.151. The Labute approximate surface area is 159 Å². The first kappa shape index (κ1) is 20.6. The Morgan fingerprint density at radius 3 is 2.37 bits per heavy atom. The smallest absolute Gasteiger partial charge is 0.314 e. The molecule has 0 aliphatic rings. The van der Waals surface area contributed by atoms with E-state index < -0.39 is 0 Å². The van der Waals surface area contributed by atoms with Gasteiger partial charge in [0.2, 0.25) is 0 Å². The van der Waals surface area contributed by atoms with Crippen molar-refractivity contribution in [2.75, 3.05) is 13.2 Å². The van der Waals surface area contributed by atoms with E-state index in [1.807, 2.05) is 44.2 Å². The van der Waals surface area contributed by atoms with Gasteiger partial charge in [-0.1, -0.05) is 62.7 Å². The molecule has 0 aliphatic carbocycles. The third kappa shape index (κ3) is 6.51. The summed E-state index contributed by atoms with van der Waals surface area (Å²) in [4.78, 5) is 24.5. The number of benzene rings is 2. The topological polar surface area (TPSA) is 55.4 Å². The molecule has 0 aromatic heterocycles. The van der Waals surface area contributed by atoms with Crippen molar-refractivity contribution in [1.82, 2.24) is 5.32 Å². The lowest BCUT2D eigenvalue weighted by Gasteiger charge is -2.21. The summed E-state index contributed by atoms with van der Waals surface area (Å²) in [6.07, 6.45) is 1.41. The van der Waals surface area contributed by atoms with E-state index in [2.05, 4.69) is 5.32 Å². The van der Waals surface area contributed by atoms with Crippen LogP contribution in [0.5, 0.6) is 0 Å². The molecule has 2 rings (SSSR count). The molecule has 0 bridgehead atoms. The highest BCUT2D eigenvalue weighted by atomic mass is 19.1. The molecule has 4 nitrogen and oxygen atoms in total. The van der Waals surface area contributed by atoms with E-state index in [-0.39, 0.29) is 36.1 Å². The summed E-state index contributed by atoms with van der Waals surface area (Å²) in [6, 6.07) is 15.6. The number of halogens is 1. The third-order valence-electron chi connectivity index (χ3n) is 4.62. The average molecular weight is 371 g/mol. The summed E-state index contributed by atoms with van der Waals surface area (Å²) in [5.41, 5.74) is 1.82. The molecule has 2 atom stereocenters. The van der Waals surface area contributed by atoms with Crippen LogP contribution in [0.4, 0.5) is 4.39 Å². The van der Waals surface area contributed by atoms with E-state index in [9.17, 15) is 14.0 Å². The Kier molecular flexibility index (Phi) is 7.99. The van der Waals surface area contributed by atoms with Gasteiger partial charge in [-0.25, -0.2) is 4.39 Å². The summed E-state index contributed by atoms with van der Waals surface area (Å²) in [5.74, 6) is -1.29. The number of carbonyl (C=O) groups is 2. The number of ether oxygens (including phenoxy) is 1. The number of hydrogen-bond acceptors (Lipinski definition) is 3.